The van der Waals surface area contributed by atoms with Crippen molar-refractivity contribution in [3.63, 3.8) is 0 Å². The van der Waals surface area contributed by atoms with E-state index in [2.05, 4.69) is 10.3 Å². The number of methoxy groups -OCH3 is 1. The van der Waals surface area contributed by atoms with Crippen LogP contribution in [0, 0.1) is 6.92 Å². The van der Waals surface area contributed by atoms with E-state index in [1.165, 1.54) is 6.08 Å². The van der Waals surface area contributed by atoms with Gasteiger partial charge in [-0.15, -0.1) is 11.3 Å². The van der Waals surface area contributed by atoms with E-state index >= 15 is 0 Å². The second-order valence-electron chi connectivity index (χ2n) is 4.19. The van der Waals surface area contributed by atoms with Gasteiger partial charge in [0.25, 0.3) is 0 Å². The molecular formula is C15H16N2O2S. The molecule has 0 bridgehead atoms. The number of aryl methyl sites for hydroxylation is 1. The number of amides is 1. The molecule has 20 heavy (non-hydrogen) atoms. The molecule has 1 amide bonds. The summed E-state index contributed by atoms with van der Waals surface area (Å²) < 4.78 is 5.14. The molecule has 0 unspecified atom stereocenters. The highest BCUT2D eigenvalue weighted by atomic mass is 32.1. The molecule has 0 spiro atoms. The number of aromatic nitrogens is 1. The summed E-state index contributed by atoms with van der Waals surface area (Å²) in [6.07, 6.45) is 3.21. The quantitative estimate of drug-likeness (QED) is 0.861. The molecule has 0 atom stereocenters. The minimum atomic E-state index is -0.140. The van der Waals surface area contributed by atoms with Crippen LogP contribution in [-0.4, -0.2) is 18.0 Å². The Bertz CT molecular complexity index is 620. The second-order valence-corrected chi connectivity index (χ2v) is 5.26. The largest absolute Gasteiger partial charge is 0.497 e. The number of rotatable bonds is 5. The molecule has 0 fully saturated rings. The van der Waals surface area contributed by atoms with Gasteiger partial charge in [-0.1, -0.05) is 12.1 Å². The average Bonchev–Trinajstić information content (AvgIpc) is 2.89. The number of thiazole rings is 1. The van der Waals surface area contributed by atoms with Crippen LogP contribution < -0.4 is 10.1 Å². The van der Waals surface area contributed by atoms with Gasteiger partial charge in [-0.2, -0.15) is 0 Å². The van der Waals surface area contributed by atoms with E-state index in [-0.39, 0.29) is 5.91 Å². The number of carbonyl (C=O) groups is 1. The van der Waals surface area contributed by atoms with Crippen molar-refractivity contribution < 1.29 is 9.53 Å². The Balaban J connectivity index is 1.87. The highest BCUT2D eigenvalue weighted by molar-refractivity contribution is 7.09. The monoisotopic (exact) mass is 288 g/mol. The third kappa shape index (κ3) is 4.20. The highest BCUT2D eigenvalue weighted by Gasteiger charge is 1.99. The lowest BCUT2D eigenvalue weighted by atomic mass is 10.2. The zero-order valence-corrected chi connectivity index (χ0v) is 12.2. The first-order valence-corrected chi connectivity index (χ1v) is 7.06. The molecule has 0 aliphatic carbocycles. The first-order chi connectivity index (χ1) is 9.67. The van der Waals surface area contributed by atoms with E-state index < -0.39 is 0 Å². The van der Waals surface area contributed by atoms with Gasteiger partial charge in [-0.05, 0) is 30.7 Å². The minimum Gasteiger partial charge on any atom is -0.497 e. The number of benzene rings is 1. The van der Waals surface area contributed by atoms with Crippen molar-refractivity contribution in [1.29, 1.82) is 0 Å². The topological polar surface area (TPSA) is 51.2 Å². The Labute approximate surface area is 122 Å². The number of ether oxygens (including phenoxy) is 1. The summed E-state index contributed by atoms with van der Waals surface area (Å²) in [7, 11) is 1.62. The maximum Gasteiger partial charge on any atom is 0.244 e. The van der Waals surface area contributed by atoms with E-state index in [4.69, 9.17) is 4.74 Å². The average molecular weight is 288 g/mol. The van der Waals surface area contributed by atoms with E-state index in [1.54, 1.807) is 24.5 Å². The van der Waals surface area contributed by atoms with E-state index in [0.29, 0.717) is 6.54 Å². The van der Waals surface area contributed by atoms with Crippen molar-refractivity contribution in [2.45, 2.75) is 13.5 Å². The maximum absolute atomic E-state index is 11.7. The van der Waals surface area contributed by atoms with Gasteiger partial charge in [0.2, 0.25) is 5.91 Å². The van der Waals surface area contributed by atoms with Gasteiger partial charge in [0.05, 0.1) is 17.8 Å². The minimum absolute atomic E-state index is 0.140. The van der Waals surface area contributed by atoms with Crippen LogP contribution in [0.15, 0.2) is 35.7 Å². The zero-order valence-electron chi connectivity index (χ0n) is 11.4. The molecule has 4 nitrogen and oxygen atoms in total. The number of nitrogens with one attached hydrogen (secondary N) is 1. The van der Waals surface area contributed by atoms with Gasteiger partial charge in [-0.3, -0.25) is 4.79 Å². The first-order valence-electron chi connectivity index (χ1n) is 6.18. The van der Waals surface area contributed by atoms with Crippen LogP contribution >= 0.6 is 11.3 Å². The molecule has 0 aliphatic heterocycles. The molecule has 0 saturated heterocycles. The van der Waals surface area contributed by atoms with Gasteiger partial charge in [-0.25, -0.2) is 4.98 Å². The molecule has 1 N–H and O–H groups in total. The standard InChI is InChI=1S/C15H16N2O2S/c1-11-17-13(10-20-11)6-7-15(18)16-9-12-4-3-5-14(8-12)19-2/h3-8,10H,9H2,1-2H3,(H,16,18)/b7-6+. The number of nitrogens with zero attached hydrogens (tertiary/aromatic N) is 1. The lowest BCUT2D eigenvalue weighted by Gasteiger charge is -2.04. The van der Waals surface area contributed by atoms with Crippen LogP contribution in [0.3, 0.4) is 0 Å². The fraction of sp³-hybridized carbons (Fsp3) is 0.200. The highest BCUT2D eigenvalue weighted by Crippen LogP contribution is 2.12. The van der Waals surface area contributed by atoms with Crippen LogP contribution in [0.1, 0.15) is 16.3 Å². The number of carbonyl (C=O) groups excluding carboxylic acids is 1. The van der Waals surface area contributed by atoms with Crippen molar-refractivity contribution >= 4 is 23.3 Å². The fourth-order valence-corrected chi connectivity index (χ4v) is 2.23. The third-order valence-corrected chi connectivity index (χ3v) is 3.43. The fourth-order valence-electron chi connectivity index (χ4n) is 1.65. The molecule has 0 saturated carbocycles. The van der Waals surface area contributed by atoms with E-state index in [1.807, 2.05) is 36.6 Å². The normalized spacial score (nSPS) is 10.7. The summed E-state index contributed by atoms with van der Waals surface area (Å²) in [4.78, 5) is 16.0. The van der Waals surface area contributed by atoms with Crippen LogP contribution in [0.5, 0.6) is 5.75 Å². The summed E-state index contributed by atoms with van der Waals surface area (Å²) in [5.41, 5.74) is 1.81. The lowest BCUT2D eigenvalue weighted by Crippen LogP contribution is -2.20. The summed E-state index contributed by atoms with van der Waals surface area (Å²) >= 11 is 1.56. The van der Waals surface area contributed by atoms with Gasteiger partial charge >= 0.3 is 0 Å². The van der Waals surface area contributed by atoms with Crippen molar-refractivity contribution in [3.8, 4) is 5.75 Å². The predicted molar refractivity (Wildman–Crippen MR) is 80.7 cm³/mol. The summed E-state index contributed by atoms with van der Waals surface area (Å²) in [5, 5.41) is 5.73. The smallest absolute Gasteiger partial charge is 0.244 e. The molecule has 1 aromatic heterocycles. The molecule has 104 valence electrons. The third-order valence-electron chi connectivity index (χ3n) is 2.64. The van der Waals surface area contributed by atoms with Crippen LogP contribution in [-0.2, 0) is 11.3 Å². The number of hydrogen-bond donors (Lipinski definition) is 1. The van der Waals surface area contributed by atoms with Crippen LogP contribution in [0.2, 0.25) is 0 Å². The Morgan fingerprint density at radius 2 is 2.35 bits per heavy atom. The van der Waals surface area contributed by atoms with Gasteiger partial charge in [0.15, 0.2) is 0 Å². The van der Waals surface area contributed by atoms with Crippen LogP contribution in [0.4, 0.5) is 0 Å². The van der Waals surface area contributed by atoms with Gasteiger partial charge in [0.1, 0.15) is 5.75 Å². The Morgan fingerprint density at radius 3 is 3.05 bits per heavy atom. The second kappa shape index (κ2) is 6.86. The Hall–Kier alpha value is -2.14. The summed E-state index contributed by atoms with van der Waals surface area (Å²) in [6, 6.07) is 7.61. The zero-order chi connectivity index (χ0) is 14.4. The maximum atomic E-state index is 11.7. The molecule has 0 radical (unpaired) electrons. The molecular weight excluding hydrogens is 272 g/mol. The molecule has 2 aromatic rings. The molecule has 1 aromatic carbocycles. The Kier molecular flexibility index (Phi) is 4.90. The SMILES string of the molecule is COc1cccc(CNC(=O)/C=C/c2csc(C)n2)c1. The molecule has 1 heterocycles. The summed E-state index contributed by atoms with van der Waals surface area (Å²) in [6.45, 7) is 2.40. The van der Waals surface area contributed by atoms with Crippen molar-refractivity contribution in [3.05, 3.63) is 52.0 Å². The first kappa shape index (κ1) is 14.3. The van der Waals surface area contributed by atoms with E-state index in [0.717, 1.165) is 22.0 Å². The lowest BCUT2D eigenvalue weighted by molar-refractivity contribution is -0.116. The molecule has 0 aliphatic rings. The van der Waals surface area contributed by atoms with E-state index in [9.17, 15) is 4.79 Å². The van der Waals surface area contributed by atoms with Crippen molar-refractivity contribution in [2.75, 3.05) is 7.11 Å². The molecule has 2 rings (SSSR count). The number of hydrogen-bond acceptors (Lipinski definition) is 4. The predicted octanol–water partition coefficient (Wildman–Crippen LogP) is 2.79. The van der Waals surface area contributed by atoms with Crippen LogP contribution in [0.25, 0.3) is 6.08 Å². The summed E-state index contributed by atoms with van der Waals surface area (Å²) in [5.74, 6) is 0.642. The van der Waals surface area contributed by atoms with Crippen molar-refractivity contribution in [1.82, 2.24) is 10.3 Å². The Morgan fingerprint density at radius 1 is 1.50 bits per heavy atom. The molecule has 5 heteroatoms. The van der Waals surface area contributed by atoms with Gasteiger partial charge in [0, 0.05) is 18.0 Å². The van der Waals surface area contributed by atoms with Gasteiger partial charge < -0.3 is 10.1 Å². The van der Waals surface area contributed by atoms with Crippen molar-refractivity contribution in [2.24, 2.45) is 0 Å².